The van der Waals surface area contributed by atoms with E-state index in [-0.39, 0.29) is 18.6 Å². The number of aliphatic hydroxyl groups excluding tert-OH is 1. The van der Waals surface area contributed by atoms with E-state index in [2.05, 4.69) is 0 Å². The van der Waals surface area contributed by atoms with E-state index < -0.39 is 22.9 Å². The highest BCUT2D eigenvalue weighted by molar-refractivity contribution is 5.21. The molecule has 0 amide bonds. The van der Waals surface area contributed by atoms with Crippen LogP contribution < -0.4 is 0 Å². The Morgan fingerprint density at radius 3 is 2.27 bits per heavy atom. The summed E-state index contributed by atoms with van der Waals surface area (Å²) in [5.41, 5.74) is -0.474. The van der Waals surface area contributed by atoms with Crippen LogP contribution in [0.2, 0.25) is 0 Å². The average molecular weight is 218 g/mol. The van der Waals surface area contributed by atoms with Gasteiger partial charge in [-0.15, -0.1) is 0 Å². The van der Waals surface area contributed by atoms with Crippen LogP contribution in [0.4, 0.5) is 13.2 Å². The zero-order valence-corrected chi connectivity index (χ0v) is 8.65. The Morgan fingerprint density at radius 2 is 1.73 bits per heavy atom. The summed E-state index contributed by atoms with van der Waals surface area (Å²) >= 11 is 0. The molecule has 0 atom stereocenters. The summed E-state index contributed by atoms with van der Waals surface area (Å²) in [5.74, 6) is -3.82. The summed E-state index contributed by atoms with van der Waals surface area (Å²) in [6, 6.07) is 2.09. The first-order valence-electron chi connectivity index (χ1n) is 4.60. The zero-order chi connectivity index (χ0) is 11.6. The van der Waals surface area contributed by atoms with E-state index >= 15 is 0 Å². The first kappa shape index (κ1) is 12.0. The third kappa shape index (κ3) is 2.72. The van der Waals surface area contributed by atoms with E-state index in [0.29, 0.717) is 0 Å². The van der Waals surface area contributed by atoms with Gasteiger partial charge < -0.3 is 5.11 Å². The fraction of sp³-hybridized carbons (Fsp3) is 0.455. The number of aliphatic hydroxyl groups is 1. The smallest absolute Gasteiger partial charge is 0.194 e. The van der Waals surface area contributed by atoms with Crippen molar-refractivity contribution in [2.24, 2.45) is 5.41 Å². The molecule has 0 radical (unpaired) electrons. The van der Waals surface area contributed by atoms with E-state index in [9.17, 15) is 13.2 Å². The predicted molar refractivity (Wildman–Crippen MR) is 50.9 cm³/mol. The molecule has 0 aliphatic carbocycles. The van der Waals surface area contributed by atoms with Gasteiger partial charge >= 0.3 is 0 Å². The van der Waals surface area contributed by atoms with Crippen LogP contribution in [0.25, 0.3) is 0 Å². The number of rotatable bonds is 3. The van der Waals surface area contributed by atoms with Gasteiger partial charge in [-0.05, 0) is 23.5 Å². The van der Waals surface area contributed by atoms with Crippen molar-refractivity contribution >= 4 is 0 Å². The quantitative estimate of drug-likeness (QED) is 0.773. The maximum Gasteiger partial charge on any atom is 0.194 e. The van der Waals surface area contributed by atoms with Gasteiger partial charge in [0.2, 0.25) is 0 Å². The van der Waals surface area contributed by atoms with Gasteiger partial charge in [-0.2, -0.15) is 0 Å². The molecule has 0 aromatic heterocycles. The third-order valence-corrected chi connectivity index (χ3v) is 2.21. The normalized spacial score (nSPS) is 11.9. The van der Waals surface area contributed by atoms with E-state index in [1.807, 2.05) is 0 Å². The second-order valence-electron chi connectivity index (χ2n) is 4.33. The minimum atomic E-state index is -1.46. The second kappa shape index (κ2) is 4.23. The second-order valence-corrected chi connectivity index (χ2v) is 4.33. The minimum absolute atomic E-state index is 0.0768. The fourth-order valence-electron chi connectivity index (χ4n) is 1.27. The highest BCUT2D eigenvalue weighted by atomic mass is 19.2. The van der Waals surface area contributed by atoms with Crippen molar-refractivity contribution < 1.29 is 18.3 Å². The monoisotopic (exact) mass is 218 g/mol. The molecule has 0 saturated carbocycles. The number of hydrogen-bond donors (Lipinski definition) is 1. The Labute approximate surface area is 86.5 Å². The Kier molecular flexibility index (Phi) is 3.39. The lowest BCUT2D eigenvalue weighted by Crippen LogP contribution is -2.20. The molecular formula is C11H13F3O. The number of halogens is 3. The molecule has 1 nitrogen and oxygen atoms in total. The molecule has 1 N–H and O–H groups in total. The van der Waals surface area contributed by atoms with Gasteiger partial charge in [0.05, 0.1) is 0 Å². The van der Waals surface area contributed by atoms with Crippen LogP contribution in [0, 0.1) is 22.9 Å². The first-order chi connectivity index (χ1) is 6.87. The van der Waals surface area contributed by atoms with Gasteiger partial charge in [0.25, 0.3) is 0 Å². The first-order valence-corrected chi connectivity index (χ1v) is 4.60. The fourth-order valence-corrected chi connectivity index (χ4v) is 1.27. The van der Waals surface area contributed by atoms with Crippen LogP contribution in [0.1, 0.15) is 19.4 Å². The van der Waals surface area contributed by atoms with Gasteiger partial charge in [0, 0.05) is 6.61 Å². The summed E-state index contributed by atoms with van der Waals surface area (Å²) in [5, 5.41) is 8.98. The Morgan fingerprint density at radius 1 is 1.13 bits per heavy atom. The van der Waals surface area contributed by atoms with Crippen LogP contribution >= 0.6 is 0 Å². The minimum Gasteiger partial charge on any atom is -0.396 e. The van der Waals surface area contributed by atoms with Crippen LogP contribution in [-0.4, -0.2) is 11.7 Å². The topological polar surface area (TPSA) is 20.2 Å². The summed E-state index contributed by atoms with van der Waals surface area (Å²) in [6.45, 7) is 3.28. The standard InChI is InChI=1S/C11H13F3O/c1-11(2,6-15)5-7-3-4-8(12)10(14)9(7)13/h3-4,15H,5-6H2,1-2H3. The summed E-state index contributed by atoms with van der Waals surface area (Å²) in [7, 11) is 0. The van der Waals surface area contributed by atoms with Crippen molar-refractivity contribution in [3.05, 3.63) is 35.1 Å². The Hall–Kier alpha value is -1.03. The molecule has 0 aliphatic rings. The van der Waals surface area contributed by atoms with Gasteiger partial charge in [0.1, 0.15) is 0 Å². The van der Waals surface area contributed by atoms with Gasteiger partial charge in [-0.1, -0.05) is 19.9 Å². The highest BCUT2D eigenvalue weighted by Crippen LogP contribution is 2.24. The zero-order valence-electron chi connectivity index (χ0n) is 8.65. The molecule has 1 aromatic carbocycles. The molecule has 0 unspecified atom stereocenters. The summed E-state index contributed by atoms with van der Waals surface area (Å²) < 4.78 is 38.7. The highest BCUT2D eigenvalue weighted by Gasteiger charge is 2.21. The Balaban J connectivity index is 3.02. The maximum absolute atomic E-state index is 13.2. The molecule has 0 aliphatic heterocycles. The molecular weight excluding hydrogens is 205 g/mol. The van der Waals surface area contributed by atoms with E-state index in [4.69, 9.17) is 5.11 Å². The lowest BCUT2D eigenvalue weighted by atomic mass is 9.86. The van der Waals surface area contributed by atoms with Crippen LogP contribution in [0.5, 0.6) is 0 Å². The number of hydrogen-bond acceptors (Lipinski definition) is 1. The van der Waals surface area contributed by atoms with E-state index in [0.717, 1.165) is 6.07 Å². The average Bonchev–Trinajstić information content (AvgIpc) is 2.19. The SMILES string of the molecule is CC(C)(CO)Cc1ccc(F)c(F)c1F. The largest absolute Gasteiger partial charge is 0.396 e. The maximum atomic E-state index is 13.2. The summed E-state index contributed by atoms with van der Waals surface area (Å²) in [6.07, 6.45) is 0.159. The predicted octanol–water partition coefficient (Wildman–Crippen LogP) is 2.66. The van der Waals surface area contributed by atoms with Gasteiger partial charge in [-0.25, -0.2) is 13.2 Å². The van der Waals surface area contributed by atoms with Crippen molar-refractivity contribution in [3.63, 3.8) is 0 Å². The summed E-state index contributed by atoms with van der Waals surface area (Å²) in [4.78, 5) is 0. The van der Waals surface area contributed by atoms with E-state index in [1.54, 1.807) is 13.8 Å². The van der Waals surface area contributed by atoms with Crippen LogP contribution in [-0.2, 0) is 6.42 Å². The molecule has 0 spiro atoms. The molecule has 0 bridgehead atoms. The molecule has 4 heteroatoms. The molecule has 0 saturated heterocycles. The molecule has 0 heterocycles. The number of benzene rings is 1. The van der Waals surface area contributed by atoms with Crippen molar-refractivity contribution in [2.45, 2.75) is 20.3 Å². The van der Waals surface area contributed by atoms with Crippen LogP contribution in [0.3, 0.4) is 0 Å². The Bertz CT molecular complexity index is 361. The lowest BCUT2D eigenvalue weighted by Gasteiger charge is -2.21. The van der Waals surface area contributed by atoms with Crippen molar-refractivity contribution in [1.29, 1.82) is 0 Å². The molecule has 15 heavy (non-hydrogen) atoms. The van der Waals surface area contributed by atoms with Gasteiger partial charge in [-0.3, -0.25) is 0 Å². The molecule has 0 fully saturated rings. The molecule has 84 valence electrons. The third-order valence-electron chi connectivity index (χ3n) is 2.21. The lowest BCUT2D eigenvalue weighted by molar-refractivity contribution is 0.158. The van der Waals surface area contributed by atoms with Gasteiger partial charge in [0.15, 0.2) is 17.5 Å². The van der Waals surface area contributed by atoms with Crippen molar-refractivity contribution in [2.75, 3.05) is 6.61 Å². The van der Waals surface area contributed by atoms with Crippen molar-refractivity contribution in [3.8, 4) is 0 Å². The van der Waals surface area contributed by atoms with E-state index in [1.165, 1.54) is 6.07 Å². The molecule has 1 rings (SSSR count). The van der Waals surface area contributed by atoms with Crippen molar-refractivity contribution in [1.82, 2.24) is 0 Å². The molecule has 1 aromatic rings. The van der Waals surface area contributed by atoms with Crippen LogP contribution in [0.15, 0.2) is 12.1 Å².